The minimum atomic E-state index is -0.611. The fraction of sp³-hybridized carbons (Fsp3) is 0.353. The van der Waals surface area contributed by atoms with Gasteiger partial charge in [0.1, 0.15) is 5.75 Å². The Morgan fingerprint density at radius 1 is 1.26 bits per heavy atom. The summed E-state index contributed by atoms with van der Waals surface area (Å²) in [5, 5.41) is 20.9. The van der Waals surface area contributed by atoms with Crippen LogP contribution in [0.15, 0.2) is 30.0 Å². The first-order valence-corrected chi connectivity index (χ1v) is 7.38. The fourth-order valence-corrected chi connectivity index (χ4v) is 1.85. The number of aromatic hydroxyl groups is 1. The maximum Gasteiger partial charge on any atom is 0.255 e. The lowest BCUT2D eigenvalue weighted by molar-refractivity contribution is -0.134. The molecule has 0 unspecified atom stereocenters. The number of hydrogen-bond donors (Lipinski definition) is 3. The molecule has 1 aromatic rings. The molecule has 0 saturated carbocycles. The molecule has 1 aromatic carbocycles. The lowest BCUT2D eigenvalue weighted by atomic mass is 10.1. The van der Waals surface area contributed by atoms with Gasteiger partial charge in [-0.1, -0.05) is 13.3 Å². The number of amides is 1. The summed E-state index contributed by atoms with van der Waals surface area (Å²) in [6.07, 6.45) is 2.88. The molecule has 124 valence electrons. The molecule has 0 atom stereocenters. The first-order valence-electron chi connectivity index (χ1n) is 7.38. The van der Waals surface area contributed by atoms with Crippen LogP contribution in [0.3, 0.4) is 0 Å². The summed E-state index contributed by atoms with van der Waals surface area (Å²) >= 11 is 0. The molecule has 0 heterocycles. The van der Waals surface area contributed by atoms with Gasteiger partial charge in [0.05, 0.1) is 6.61 Å². The lowest BCUT2D eigenvalue weighted by Gasteiger charge is -2.06. The molecule has 0 saturated heterocycles. The van der Waals surface area contributed by atoms with Crippen LogP contribution in [0.5, 0.6) is 5.75 Å². The van der Waals surface area contributed by atoms with Crippen LogP contribution < -0.4 is 5.32 Å². The van der Waals surface area contributed by atoms with E-state index in [9.17, 15) is 19.5 Å². The van der Waals surface area contributed by atoms with Crippen LogP contribution >= 0.6 is 0 Å². The third kappa shape index (κ3) is 5.34. The van der Waals surface area contributed by atoms with E-state index < -0.39 is 24.1 Å². The van der Waals surface area contributed by atoms with E-state index in [4.69, 9.17) is 5.11 Å². The molecular weight excluding hydrogens is 298 g/mol. The van der Waals surface area contributed by atoms with Crippen molar-refractivity contribution in [1.82, 2.24) is 5.32 Å². The molecule has 0 spiro atoms. The van der Waals surface area contributed by atoms with Gasteiger partial charge in [-0.15, -0.1) is 0 Å². The topological polar surface area (TPSA) is 104 Å². The predicted octanol–water partition coefficient (Wildman–Crippen LogP) is 1.85. The summed E-state index contributed by atoms with van der Waals surface area (Å²) in [7, 11) is 0. The first-order chi connectivity index (χ1) is 10.9. The summed E-state index contributed by atoms with van der Waals surface area (Å²) in [6, 6.07) is 4.04. The zero-order chi connectivity index (χ0) is 17.4. The summed E-state index contributed by atoms with van der Waals surface area (Å²) < 4.78 is 0. The van der Waals surface area contributed by atoms with E-state index in [1.807, 2.05) is 6.92 Å². The van der Waals surface area contributed by atoms with Crippen LogP contribution in [0.4, 0.5) is 0 Å². The largest absolute Gasteiger partial charge is 0.508 e. The van der Waals surface area contributed by atoms with Crippen LogP contribution in [-0.4, -0.2) is 27.7 Å². The minimum absolute atomic E-state index is 0.104. The Morgan fingerprint density at radius 2 is 1.96 bits per heavy atom. The predicted molar refractivity (Wildman–Crippen MR) is 84.8 cm³/mol. The van der Waals surface area contributed by atoms with Gasteiger partial charge in [-0.05, 0) is 31.5 Å². The highest BCUT2D eigenvalue weighted by molar-refractivity contribution is 6.43. The molecule has 23 heavy (non-hydrogen) atoms. The SMILES string of the molecule is CCCCC(=O)C(=O)/C(C)=C\NC(=O)c1ccc(O)c(CO)c1. The Balaban J connectivity index is 2.73. The molecule has 6 heteroatoms. The maximum absolute atomic E-state index is 12.0. The van der Waals surface area contributed by atoms with Crippen LogP contribution in [0.1, 0.15) is 49.0 Å². The number of Topliss-reactive ketones (excluding diaryl/α,β-unsaturated/α-hetero) is 2. The monoisotopic (exact) mass is 319 g/mol. The third-order valence-corrected chi connectivity index (χ3v) is 3.30. The summed E-state index contributed by atoms with van der Waals surface area (Å²) in [5.74, 6) is -1.69. The number of carbonyl (C=O) groups excluding carboxylic acids is 3. The highest BCUT2D eigenvalue weighted by atomic mass is 16.3. The average molecular weight is 319 g/mol. The Hall–Kier alpha value is -2.47. The lowest BCUT2D eigenvalue weighted by Crippen LogP contribution is -2.21. The van der Waals surface area contributed by atoms with Gasteiger partial charge in [-0.2, -0.15) is 0 Å². The Bertz CT molecular complexity index is 634. The van der Waals surface area contributed by atoms with Crippen LogP contribution in [0.2, 0.25) is 0 Å². The van der Waals surface area contributed by atoms with Crippen LogP contribution in [0.25, 0.3) is 0 Å². The molecule has 0 aliphatic rings. The molecule has 0 bridgehead atoms. The molecule has 0 aromatic heterocycles. The Labute approximate surface area is 134 Å². The van der Waals surface area contributed by atoms with Gasteiger partial charge < -0.3 is 15.5 Å². The number of nitrogens with one attached hydrogen (secondary N) is 1. The Kier molecular flexibility index (Phi) is 7.15. The zero-order valence-electron chi connectivity index (χ0n) is 13.3. The molecule has 0 radical (unpaired) electrons. The van der Waals surface area contributed by atoms with Gasteiger partial charge in [0.15, 0.2) is 0 Å². The smallest absolute Gasteiger partial charge is 0.255 e. The molecule has 3 N–H and O–H groups in total. The van der Waals surface area contributed by atoms with E-state index in [1.165, 1.54) is 31.3 Å². The van der Waals surface area contributed by atoms with Crippen LogP contribution in [0, 0.1) is 0 Å². The summed E-state index contributed by atoms with van der Waals surface area (Å²) in [4.78, 5) is 35.4. The quantitative estimate of drug-likeness (QED) is 0.501. The number of hydrogen-bond acceptors (Lipinski definition) is 5. The van der Waals surface area contributed by atoms with Gasteiger partial charge in [-0.25, -0.2) is 0 Å². The molecule has 0 aliphatic carbocycles. The molecule has 6 nitrogen and oxygen atoms in total. The number of rotatable bonds is 8. The van der Waals surface area contributed by atoms with E-state index >= 15 is 0 Å². The third-order valence-electron chi connectivity index (χ3n) is 3.30. The minimum Gasteiger partial charge on any atom is -0.508 e. The Morgan fingerprint density at radius 3 is 2.57 bits per heavy atom. The molecular formula is C17H21NO5. The van der Waals surface area contributed by atoms with Crippen molar-refractivity contribution < 1.29 is 24.6 Å². The second-order valence-electron chi connectivity index (χ2n) is 5.16. The average Bonchev–Trinajstić information content (AvgIpc) is 2.56. The highest BCUT2D eigenvalue weighted by Gasteiger charge is 2.15. The second-order valence-corrected chi connectivity index (χ2v) is 5.16. The number of phenols is 1. The van der Waals surface area contributed by atoms with Crippen LogP contribution in [-0.2, 0) is 16.2 Å². The summed E-state index contributed by atoms with van der Waals surface area (Å²) in [6.45, 7) is 2.99. The molecule has 1 amide bonds. The van der Waals surface area contributed by atoms with E-state index in [0.717, 1.165) is 6.42 Å². The first kappa shape index (κ1) is 18.6. The number of unbranched alkanes of at least 4 members (excludes halogenated alkanes) is 1. The fourth-order valence-electron chi connectivity index (χ4n) is 1.85. The maximum atomic E-state index is 12.0. The van der Waals surface area contributed by atoms with Crippen molar-refractivity contribution >= 4 is 17.5 Å². The van der Waals surface area contributed by atoms with E-state index in [-0.39, 0.29) is 28.9 Å². The van der Waals surface area contributed by atoms with Gasteiger partial charge in [-0.3, -0.25) is 14.4 Å². The van der Waals surface area contributed by atoms with Crippen molar-refractivity contribution in [3.05, 3.63) is 41.1 Å². The number of aliphatic hydroxyl groups is 1. The van der Waals surface area contributed by atoms with Crippen molar-refractivity contribution in [1.29, 1.82) is 0 Å². The van der Waals surface area contributed by atoms with Gasteiger partial charge in [0, 0.05) is 29.3 Å². The van der Waals surface area contributed by atoms with E-state index in [2.05, 4.69) is 5.32 Å². The number of ketones is 2. The zero-order valence-corrected chi connectivity index (χ0v) is 13.3. The number of aliphatic hydroxyl groups excluding tert-OH is 1. The standard InChI is InChI=1S/C17H21NO5/c1-3-4-5-15(21)16(22)11(2)9-18-17(23)12-6-7-14(20)13(8-12)10-19/h6-9,19-20H,3-5,10H2,1-2H3,(H,18,23)/b11-9-. The van der Waals surface area contributed by atoms with Crippen molar-refractivity contribution in [3.8, 4) is 5.75 Å². The van der Waals surface area contributed by atoms with E-state index in [0.29, 0.717) is 6.42 Å². The van der Waals surface area contributed by atoms with E-state index in [1.54, 1.807) is 0 Å². The van der Waals surface area contributed by atoms with Crippen molar-refractivity contribution in [3.63, 3.8) is 0 Å². The number of allylic oxidation sites excluding steroid dienone is 1. The van der Waals surface area contributed by atoms with Crippen molar-refractivity contribution in [2.75, 3.05) is 0 Å². The van der Waals surface area contributed by atoms with Gasteiger partial charge in [0.2, 0.25) is 11.6 Å². The molecule has 1 rings (SSSR count). The van der Waals surface area contributed by atoms with Gasteiger partial charge >= 0.3 is 0 Å². The second kappa shape index (κ2) is 8.85. The number of carbonyl (C=O) groups is 3. The number of benzene rings is 1. The summed E-state index contributed by atoms with van der Waals surface area (Å²) in [5.41, 5.74) is 0.602. The van der Waals surface area contributed by atoms with Crippen molar-refractivity contribution in [2.45, 2.75) is 39.7 Å². The van der Waals surface area contributed by atoms with Crippen molar-refractivity contribution in [2.24, 2.45) is 0 Å². The molecule has 0 aliphatic heterocycles. The highest BCUT2D eigenvalue weighted by Crippen LogP contribution is 2.18. The van der Waals surface area contributed by atoms with Gasteiger partial charge in [0.25, 0.3) is 5.91 Å². The normalized spacial score (nSPS) is 11.2. The molecule has 0 fully saturated rings.